The molecule has 0 aliphatic rings. The molecule has 4 nitrogen and oxygen atoms in total. The summed E-state index contributed by atoms with van der Waals surface area (Å²) in [6, 6.07) is 7.61. The summed E-state index contributed by atoms with van der Waals surface area (Å²) in [5.41, 5.74) is 1.04. The van der Waals surface area contributed by atoms with Crippen molar-refractivity contribution in [2.75, 3.05) is 13.6 Å². The molecule has 2 N–H and O–H groups in total. The molecule has 106 valence electrons. The lowest BCUT2D eigenvalue weighted by molar-refractivity contribution is 0.162. The van der Waals surface area contributed by atoms with E-state index in [-0.39, 0.29) is 12.1 Å². The van der Waals surface area contributed by atoms with Gasteiger partial charge >= 0.3 is 6.03 Å². The van der Waals surface area contributed by atoms with E-state index in [0.29, 0.717) is 13.0 Å². The van der Waals surface area contributed by atoms with Crippen LogP contribution in [0.5, 0.6) is 0 Å². The van der Waals surface area contributed by atoms with Crippen molar-refractivity contribution in [1.82, 2.24) is 10.2 Å². The number of carbonyl (C=O) groups excluding carboxylic acids is 1. The van der Waals surface area contributed by atoms with Gasteiger partial charge < -0.3 is 15.3 Å². The van der Waals surface area contributed by atoms with E-state index in [1.807, 2.05) is 31.2 Å². The van der Waals surface area contributed by atoms with E-state index in [1.165, 1.54) is 0 Å². The first-order valence-corrected chi connectivity index (χ1v) is 7.15. The number of nitrogens with one attached hydrogen (secondary N) is 1. The zero-order valence-electron chi connectivity index (χ0n) is 11.6. The topological polar surface area (TPSA) is 52.6 Å². The summed E-state index contributed by atoms with van der Waals surface area (Å²) in [5, 5.41) is 12.2. The van der Waals surface area contributed by atoms with Crippen molar-refractivity contribution >= 4 is 22.0 Å². The van der Waals surface area contributed by atoms with Gasteiger partial charge in [-0.25, -0.2) is 4.79 Å². The molecule has 5 heteroatoms. The van der Waals surface area contributed by atoms with E-state index in [2.05, 4.69) is 21.2 Å². The minimum Gasteiger partial charge on any atom is -0.393 e. The molecular weight excluding hydrogens is 308 g/mol. The van der Waals surface area contributed by atoms with Gasteiger partial charge in [-0.15, -0.1) is 0 Å². The highest BCUT2D eigenvalue weighted by molar-refractivity contribution is 9.10. The van der Waals surface area contributed by atoms with Crippen LogP contribution in [0.4, 0.5) is 4.79 Å². The number of aliphatic hydroxyl groups excluding tert-OH is 1. The fraction of sp³-hybridized carbons (Fsp3) is 0.500. The van der Waals surface area contributed by atoms with E-state index in [1.54, 1.807) is 18.9 Å². The Bertz CT molecular complexity index is 424. The highest BCUT2D eigenvalue weighted by Crippen LogP contribution is 2.22. The quantitative estimate of drug-likeness (QED) is 0.873. The number of carbonyl (C=O) groups is 1. The summed E-state index contributed by atoms with van der Waals surface area (Å²) < 4.78 is 0.981. The van der Waals surface area contributed by atoms with Gasteiger partial charge in [-0.3, -0.25) is 0 Å². The second kappa shape index (κ2) is 7.50. The number of amides is 2. The van der Waals surface area contributed by atoms with E-state index < -0.39 is 6.10 Å². The smallest absolute Gasteiger partial charge is 0.317 e. The highest BCUT2D eigenvalue weighted by atomic mass is 79.9. The second-order valence-electron chi connectivity index (χ2n) is 4.75. The average Bonchev–Trinajstić information content (AvgIpc) is 2.36. The number of benzene rings is 1. The number of hydrogen-bond donors (Lipinski definition) is 2. The van der Waals surface area contributed by atoms with Gasteiger partial charge in [-0.05, 0) is 31.9 Å². The van der Waals surface area contributed by atoms with Crippen LogP contribution in [0.15, 0.2) is 28.7 Å². The minimum absolute atomic E-state index is 0.0722. The number of nitrogens with zero attached hydrogens (tertiary/aromatic N) is 1. The zero-order valence-corrected chi connectivity index (χ0v) is 13.1. The first kappa shape index (κ1) is 16.0. The van der Waals surface area contributed by atoms with Gasteiger partial charge in [0, 0.05) is 18.1 Å². The number of hydrogen-bond acceptors (Lipinski definition) is 2. The Labute approximate surface area is 122 Å². The molecule has 0 aliphatic carbocycles. The summed E-state index contributed by atoms with van der Waals surface area (Å²) in [4.78, 5) is 13.6. The molecule has 1 aromatic rings. The van der Waals surface area contributed by atoms with Crippen LogP contribution in [0.3, 0.4) is 0 Å². The van der Waals surface area contributed by atoms with Crippen LogP contribution in [0.2, 0.25) is 0 Å². The molecule has 2 unspecified atom stereocenters. The van der Waals surface area contributed by atoms with Gasteiger partial charge in [0.15, 0.2) is 0 Å². The largest absolute Gasteiger partial charge is 0.393 e. The molecule has 0 spiro atoms. The average molecular weight is 329 g/mol. The summed E-state index contributed by atoms with van der Waals surface area (Å²) in [7, 11) is 1.73. The Morgan fingerprint density at radius 3 is 2.63 bits per heavy atom. The Morgan fingerprint density at radius 2 is 2.05 bits per heavy atom. The van der Waals surface area contributed by atoms with Crippen molar-refractivity contribution < 1.29 is 9.90 Å². The Balaban J connectivity index is 2.54. The van der Waals surface area contributed by atoms with Gasteiger partial charge in [0.2, 0.25) is 0 Å². The molecule has 0 aromatic heterocycles. The van der Waals surface area contributed by atoms with Crippen molar-refractivity contribution in [2.24, 2.45) is 0 Å². The maximum atomic E-state index is 12.0. The van der Waals surface area contributed by atoms with Crippen molar-refractivity contribution in [3.05, 3.63) is 34.3 Å². The number of rotatable bonds is 5. The molecule has 19 heavy (non-hydrogen) atoms. The third-order valence-electron chi connectivity index (χ3n) is 2.94. The van der Waals surface area contributed by atoms with Gasteiger partial charge in [0.25, 0.3) is 0 Å². The first-order valence-electron chi connectivity index (χ1n) is 6.36. The van der Waals surface area contributed by atoms with E-state index >= 15 is 0 Å². The molecule has 2 atom stereocenters. The molecule has 0 saturated heterocycles. The predicted octanol–water partition coefficient (Wildman–Crippen LogP) is 2.92. The lowest BCUT2D eigenvalue weighted by atomic mass is 10.1. The summed E-state index contributed by atoms with van der Waals surface area (Å²) >= 11 is 3.48. The van der Waals surface area contributed by atoms with E-state index in [0.717, 1.165) is 10.0 Å². The maximum Gasteiger partial charge on any atom is 0.317 e. The fourth-order valence-corrected chi connectivity index (χ4v) is 2.31. The zero-order chi connectivity index (χ0) is 14.4. The standard InChI is InChI=1S/C14H21BrN2O2/c1-10(18)8-9-17(3)14(19)16-11(2)12-6-4-5-7-13(12)15/h4-7,10-11,18H,8-9H2,1-3H3,(H,16,19). The molecule has 2 amide bonds. The molecule has 0 bridgehead atoms. The molecule has 0 aliphatic heterocycles. The Hall–Kier alpha value is -1.07. The van der Waals surface area contributed by atoms with Crippen molar-refractivity contribution in [3.63, 3.8) is 0 Å². The molecule has 0 saturated carbocycles. The number of aliphatic hydroxyl groups is 1. The van der Waals surface area contributed by atoms with E-state index in [4.69, 9.17) is 0 Å². The fourth-order valence-electron chi connectivity index (χ4n) is 1.68. The molecule has 0 fully saturated rings. The summed E-state index contributed by atoms with van der Waals surface area (Å²) in [6.45, 7) is 4.20. The van der Waals surface area contributed by atoms with Crippen LogP contribution in [0.25, 0.3) is 0 Å². The van der Waals surface area contributed by atoms with E-state index in [9.17, 15) is 9.90 Å². The van der Waals surface area contributed by atoms with Gasteiger partial charge in [0.05, 0.1) is 12.1 Å². The number of halogens is 1. The second-order valence-corrected chi connectivity index (χ2v) is 5.61. The van der Waals surface area contributed by atoms with Crippen molar-refractivity contribution in [2.45, 2.75) is 32.4 Å². The molecule has 1 aromatic carbocycles. The first-order chi connectivity index (χ1) is 8.91. The van der Waals surface area contributed by atoms with Crippen LogP contribution in [0.1, 0.15) is 31.9 Å². The van der Waals surface area contributed by atoms with Crippen LogP contribution in [-0.2, 0) is 0 Å². The molecule has 1 rings (SSSR count). The van der Waals surface area contributed by atoms with Crippen LogP contribution < -0.4 is 5.32 Å². The lowest BCUT2D eigenvalue weighted by Gasteiger charge is -2.22. The SMILES string of the molecule is CC(O)CCN(C)C(=O)NC(C)c1ccccc1Br. The van der Waals surface area contributed by atoms with Crippen LogP contribution in [-0.4, -0.2) is 35.7 Å². The monoisotopic (exact) mass is 328 g/mol. The van der Waals surface area contributed by atoms with Crippen molar-refractivity contribution in [1.29, 1.82) is 0 Å². The molecular formula is C14H21BrN2O2. The third kappa shape index (κ3) is 5.20. The van der Waals surface area contributed by atoms with Gasteiger partial charge in [-0.2, -0.15) is 0 Å². The Morgan fingerprint density at radius 1 is 1.42 bits per heavy atom. The highest BCUT2D eigenvalue weighted by Gasteiger charge is 2.15. The lowest BCUT2D eigenvalue weighted by Crippen LogP contribution is -2.39. The summed E-state index contributed by atoms with van der Waals surface area (Å²) in [6.07, 6.45) is 0.184. The number of urea groups is 1. The summed E-state index contributed by atoms with van der Waals surface area (Å²) in [5.74, 6) is 0. The van der Waals surface area contributed by atoms with Crippen LogP contribution >= 0.6 is 15.9 Å². The normalized spacial score (nSPS) is 13.7. The van der Waals surface area contributed by atoms with Gasteiger partial charge in [0.1, 0.15) is 0 Å². The molecule has 0 radical (unpaired) electrons. The third-order valence-corrected chi connectivity index (χ3v) is 3.66. The molecule has 0 heterocycles. The van der Waals surface area contributed by atoms with Crippen molar-refractivity contribution in [3.8, 4) is 0 Å². The predicted molar refractivity (Wildman–Crippen MR) is 80.0 cm³/mol. The van der Waals surface area contributed by atoms with Crippen LogP contribution in [0, 0.1) is 0 Å². The van der Waals surface area contributed by atoms with Gasteiger partial charge in [-0.1, -0.05) is 34.1 Å². The Kier molecular flexibility index (Phi) is 6.31. The maximum absolute atomic E-state index is 12.0. The minimum atomic E-state index is -0.393.